The quantitative estimate of drug-likeness (QED) is 0.811. The summed E-state index contributed by atoms with van der Waals surface area (Å²) in [6, 6.07) is 2.56. The molecule has 0 aliphatic carbocycles. The zero-order valence-electron chi connectivity index (χ0n) is 13.4. The van der Waals surface area contributed by atoms with Crippen LogP contribution in [0.25, 0.3) is 0 Å². The molecule has 1 fully saturated rings. The molecule has 0 bridgehead atoms. The van der Waals surface area contributed by atoms with Crippen molar-refractivity contribution in [3.05, 3.63) is 0 Å². The summed E-state index contributed by atoms with van der Waals surface area (Å²) in [5, 5.41) is 3.61. The van der Waals surface area contributed by atoms with Gasteiger partial charge in [-0.25, -0.2) is 0 Å². The van der Waals surface area contributed by atoms with E-state index in [-0.39, 0.29) is 0 Å². The van der Waals surface area contributed by atoms with Gasteiger partial charge in [0.25, 0.3) is 0 Å². The van der Waals surface area contributed by atoms with E-state index in [1.807, 2.05) is 0 Å². The predicted molar refractivity (Wildman–Crippen MR) is 80.0 cm³/mol. The van der Waals surface area contributed by atoms with Gasteiger partial charge in [0, 0.05) is 43.8 Å². The van der Waals surface area contributed by atoms with Crippen LogP contribution in [0, 0.1) is 5.92 Å². The predicted octanol–water partition coefficient (Wildman–Crippen LogP) is 2.03. The van der Waals surface area contributed by atoms with Gasteiger partial charge in [-0.3, -0.25) is 9.80 Å². The average Bonchev–Trinajstić information content (AvgIpc) is 2.25. The fourth-order valence-electron chi connectivity index (χ4n) is 2.86. The van der Waals surface area contributed by atoms with Gasteiger partial charge in [-0.1, -0.05) is 27.7 Å². The Labute approximate surface area is 114 Å². The van der Waals surface area contributed by atoms with Crippen LogP contribution in [0.15, 0.2) is 0 Å². The molecule has 3 heteroatoms. The van der Waals surface area contributed by atoms with Crippen molar-refractivity contribution < 1.29 is 0 Å². The summed E-state index contributed by atoms with van der Waals surface area (Å²) in [7, 11) is 2.25. The van der Waals surface area contributed by atoms with Gasteiger partial charge in [-0.15, -0.1) is 0 Å². The van der Waals surface area contributed by atoms with Gasteiger partial charge >= 0.3 is 0 Å². The SMILES string of the molecule is CC(C)NCC(C(C)C)N1CC(C)N(C)C(C)C1. The van der Waals surface area contributed by atoms with Crippen molar-refractivity contribution in [3.63, 3.8) is 0 Å². The number of likely N-dealkylation sites (N-methyl/N-ethyl adjacent to an activating group) is 1. The second-order valence-corrected chi connectivity index (χ2v) is 6.69. The molecule has 18 heavy (non-hydrogen) atoms. The van der Waals surface area contributed by atoms with Gasteiger partial charge in [0.05, 0.1) is 0 Å². The number of hydrogen-bond donors (Lipinski definition) is 1. The molecule has 0 spiro atoms. The first-order valence-electron chi connectivity index (χ1n) is 7.52. The average molecular weight is 255 g/mol. The van der Waals surface area contributed by atoms with E-state index in [0.29, 0.717) is 30.1 Å². The summed E-state index contributed by atoms with van der Waals surface area (Å²) >= 11 is 0. The molecule has 3 unspecified atom stereocenters. The smallest absolute Gasteiger partial charge is 0.0245 e. The lowest BCUT2D eigenvalue weighted by molar-refractivity contribution is 0.0204. The van der Waals surface area contributed by atoms with E-state index in [9.17, 15) is 0 Å². The highest BCUT2D eigenvalue weighted by Crippen LogP contribution is 2.19. The van der Waals surface area contributed by atoms with Crippen LogP contribution >= 0.6 is 0 Å². The minimum Gasteiger partial charge on any atom is -0.313 e. The molecule has 1 rings (SSSR count). The Hall–Kier alpha value is -0.120. The van der Waals surface area contributed by atoms with Crippen LogP contribution in [-0.2, 0) is 0 Å². The molecular weight excluding hydrogens is 222 g/mol. The monoisotopic (exact) mass is 255 g/mol. The Morgan fingerprint density at radius 1 is 1.06 bits per heavy atom. The highest BCUT2D eigenvalue weighted by molar-refractivity contribution is 4.88. The Balaban J connectivity index is 2.62. The van der Waals surface area contributed by atoms with Gasteiger partial charge in [-0.05, 0) is 26.8 Å². The highest BCUT2D eigenvalue weighted by Gasteiger charge is 2.31. The summed E-state index contributed by atoms with van der Waals surface area (Å²) in [6.07, 6.45) is 0. The maximum Gasteiger partial charge on any atom is 0.0245 e. The normalized spacial score (nSPS) is 29.2. The van der Waals surface area contributed by atoms with Gasteiger partial charge < -0.3 is 5.32 Å². The van der Waals surface area contributed by atoms with Crippen LogP contribution in [0.5, 0.6) is 0 Å². The fraction of sp³-hybridized carbons (Fsp3) is 1.00. The molecule has 0 aromatic carbocycles. The van der Waals surface area contributed by atoms with E-state index >= 15 is 0 Å². The van der Waals surface area contributed by atoms with Crippen molar-refractivity contribution in [3.8, 4) is 0 Å². The largest absolute Gasteiger partial charge is 0.313 e. The molecule has 0 aromatic rings. The van der Waals surface area contributed by atoms with E-state index in [1.165, 1.54) is 13.1 Å². The minimum absolute atomic E-state index is 0.577. The molecule has 0 saturated carbocycles. The molecule has 1 heterocycles. The van der Waals surface area contributed by atoms with E-state index < -0.39 is 0 Å². The van der Waals surface area contributed by atoms with Crippen molar-refractivity contribution >= 4 is 0 Å². The first-order valence-corrected chi connectivity index (χ1v) is 7.52. The van der Waals surface area contributed by atoms with Crippen molar-refractivity contribution in [1.29, 1.82) is 0 Å². The zero-order valence-corrected chi connectivity index (χ0v) is 13.4. The Kier molecular flexibility index (Phi) is 6.09. The van der Waals surface area contributed by atoms with Crippen LogP contribution in [0.4, 0.5) is 0 Å². The van der Waals surface area contributed by atoms with Gasteiger partial charge in [0.2, 0.25) is 0 Å². The van der Waals surface area contributed by atoms with E-state index in [2.05, 4.69) is 63.7 Å². The Morgan fingerprint density at radius 3 is 1.94 bits per heavy atom. The standard InChI is InChI=1S/C15H33N3/c1-11(2)15(8-16-12(3)4)18-9-13(5)17(7)14(6)10-18/h11-16H,8-10H2,1-7H3. The first-order chi connectivity index (χ1) is 8.32. The third-order valence-electron chi connectivity index (χ3n) is 4.36. The number of nitrogens with zero attached hydrogens (tertiary/aromatic N) is 2. The van der Waals surface area contributed by atoms with Crippen molar-refractivity contribution in [2.45, 2.75) is 65.7 Å². The summed E-state index contributed by atoms with van der Waals surface area (Å²) in [6.45, 7) is 17.3. The maximum absolute atomic E-state index is 3.61. The second-order valence-electron chi connectivity index (χ2n) is 6.69. The van der Waals surface area contributed by atoms with Crippen molar-refractivity contribution in [2.24, 2.45) is 5.92 Å². The molecule has 0 amide bonds. The molecule has 1 saturated heterocycles. The third kappa shape index (κ3) is 4.22. The second kappa shape index (κ2) is 6.88. The molecule has 3 nitrogen and oxygen atoms in total. The van der Waals surface area contributed by atoms with E-state index in [1.54, 1.807) is 0 Å². The molecular formula is C15H33N3. The zero-order chi connectivity index (χ0) is 13.9. The number of piperazine rings is 1. The van der Waals surface area contributed by atoms with Crippen LogP contribution < -0.4 is 5.32 Å². The molecule has 0 radical (unpaired) electrons. The summed E-state index contributed by atoms with van der Waals surface area (Å²) < 4.78 is 0. The molecule has 1 aliphatic heterocycles. The summed E-state index contributed by atoms with van der Waals surface area (Å²) in [5.74, 6) is 0.707. The van der Waals surface area contributed by atoms with Gasteiger partial charge in [0.15, 0.2) is 0 Å². The van der Waals surface area contributed by atoms with Crippen molar-refractivity contribution in [2.75, 3.05) is 26.7 Å². The summed E-state index contributed by atoms with van der Waals surface area (Å²) in [5.41, 5.74) is 0. The maximum atomic E-state index is 3.61. The van der Waals surface area contributed by atoms with Crippen molar-refractivity contribution in [1.82, 2.24) is 15.1 Å². The number of rotatable bonds is 5. The van der Waals surface area contributed by atoms with Gasteiger partial charge in [-0.2, -0.15) is 0 Å². The van der Waals surface area contributed by atoms with E-state index in [0.717, 1.165) is 6.54 Å². The third-order valence-corrected chi connectivity index (χ3v) is 4.36. The van der Waals surface area contributed by atoms with Crippen LogP contribution in [0.1, 0.15) is 41.5 Å². The van der Waals surface area contributed by atoms with Crippen LogP contribution in [0.3, 0.4) is 0 Å². The molecule has 0 aromatic heterocycles. The van der Waals surface area contributed by atoms with Crippen LogP contribution in [-0.4, -0.2) is 60.6 Å². The topological polar surface area (TPSA) is 18.5 Å². The Bertz CT molecular complexity index is 228. The lowest BCUT2D eigenvalue weighted by atomic mass is 9.98. The molecule has 108 valence electrons. The number of nitrogens with one attached hydrogen (secondary N) is 1. The molecule has 3 atom stereocenters. The lowest BCUT2D eigenvalue weighted by Gasteiger charge is -2.47. The number of hydrogen-bond acceptors (Lipinski definition) is 3. The highest BCUT2D eigenvalue weighted by atomic mass is 15.3. The van der Waals surface area contributed by atoms with Crippen LogP contribution in [0.2, 0.25) is 0 Å². The lowest BCUT2D eigenvalue weighted by Crippen LogP contribution is -2.60. The minimum atomic E-state index is 0.577. The van der Waals surface area contributed by atoms with Gasteiger partial charge in [0.1, 0.15) is 0 Å². The first kappa shape index (κ1) is 15.9. The van der Waals surface area contributed by atoms with E-state index in [4.69, 9.17) is 0 Å². The molecule has 1 aliphatic rings. The fourth-order valence-corrected chi connectivity index (χ4v) is 2.86. The Morgan fingerprint density at radius 2 is 1.56 bits per heavy atom. The summed E-state index contributed by atoms with van der Waals surface area (Å²) in [4.78, 5) is 5.19. The molecule has 1 N–H and O–H groups in total.